The lowest BCUT2D eigenvalue weighted by molar-refractivity contribution is -0.127. The fraction of sp³-hybridized carbons (Fsp3) is 0.261. The highest BCUT2D eigenvalue weighted by Crippen LogP contribution is 2.36. The Morgan fingerprint density at radius 1 is 1.27 bits per heavy atom. The number of benzene rings is 1. The van der Waals surface area contributed by atoms with Gasteiger partial charge in [0.05, 0.1) is 5.39 Å². The number of fused-ring (bicyclic) bond motifs is 2. The molecular formula is C23H23N5O2. The number of carbonyl (C=O) groups is 1. The van der Waals surface area contributed by atoms with E-state index in [1.165, 1.54) is 12.4 Å². The van der Waals surface area contributed by atoms with E-state index in [0.717, 1.165) is 65.8 Å². The number of anilines is 1. The minimum atomic E-state index is 0.00699. The van der Waals surface area contributed by atoms with Gasteiger partial charge in [0, 0.05) is 36.8 Å². The van der Waals surface area contributed by atoms with Gasteiger partial charge < -0.3 is 19.6 Å². The van der Waals surface area contributed by atoms with Crippen LogP contribution in [-0.4, -0.2) is 38.4 Å². The smallest absolute Gasteiger partial charge is 0.245 e. The van der Waals surface area contributed by atoms with E-state index >= 15 is 0 Å². The van der Waals surface area contributed by atoms with Crippen molar-refractivity contribution in [2.75, 3.05) is 18.8 Å². The van der Waals surface area contributed by atoms with Gasteiger partial charge in [0.2, 0.25) is 5.91 Å². The fourth-order valence-corrected chi connectivity index (χ4v) is 4.33. The Balaban J connectivity index is 1.49. The maximum Gasteiger partial charge on any atom is 0.245 e. The van der Waals surface area contributed by atoms with Gasteiger partial charge in [0.1, 0.15) is 29.1 Å². The summed E-state index contributed by atoms with van der Waals surface area (Å²) in [6.45, 7) is 5.90. The molecule has 3 aromatic heterocycles. The van der Waals surface area contributed by atoms with Crippen LogP contribution in [0.25, 0.3) is 33.3 Å². The molecule has 152 valence electrons. The van der Waals surface area contributed by atoms with Crippen LogP contribution < -0.4 is 5.73 Å². The summed E-state index contributed by atoms with van der Waals surface area (Å²) in [4.78, 5) is 22.4. The van der Waals surface area contributed by atoms with E-state index in [9.17, 15) is 4.79 Å². The van der Waals surface area contributed by atoms with E-state index in [1.807, 2.05) is 35.2 Å². The topological polar surface area (TPSA) is 90.2 Å². The van der Waals surface area contributed by atoms with Crippen molar-refractivity contribution in [1.29, 1.82) is 0 Å². The maximum atomic E-state index is 11.8. The van der Waals surface area contributed by atoms with Crippen LogP contribution in [0.15, 0.2) is 59.9 Å². The molecule has 1 aliphatic rings. The Hall–Kier alpha value is -3.61. The molecule has 1 aliphatic heterocycles. The molecule has 7 nitrogen and oxygen atoms in total. The van der Waals surface area contributed by atoms with Crippen LogP contribution >= 0.6 is 0 Å². The molecule has 1 fully saturated rings. The molecule has 0 atom stereocenters. The summed E-state index contributed by atoms with van der Waals surface area (Å²) in [6, 6.07) is 9.96. The number of amides is 1. The lowest BCUT2D eigenvalue weighted by Gasteiger charge is -2.31. The third-order valence-corrected chi connectivity index (χ3v) is 5.93. The second-order valence-corrected chi connectivity index (χ2v) is 7.77. The number of nitrogens with two attached hydrogens (primary N) is 1. The zero-order valence-electron chi connectivity index (χ0n) is 16.6. The summed E-state index contributed by atoms with van der Waals surface area (Å²) in [7, 11) is 0. The molecule has 5 rings (SSSR count). The zero-order valence-corrected chi connectivity index (χ0v) is 16.6. The number of para-hydroxylation sites is 1. The third-order valence-electron chi connectivity index (χ3n) is 5.93. The van der Waals surface area contributed by atoms with Crippen molar-refractivity contribution < 1.29 is 9.21 Å². The summed E-state index contributed by atoms with van der Waals surface area (Å²) in [6.07, 6.45) is 6.84. The van der Waals surface area contributed by atoms with Gasteiger partial charge in [-0.05, 0) is 37.0 Å². The van der Waals surface area contributed by atoms with Crippen LogP contribution in [0, 0.1) is 5.92 Å². The molecule has 4 heterocycles. The Morgan fingerprint density at radius 2 is 2.07 bits per heavy atom. The number of carbonyl (C=O) groups excluding carboxylic acids is 1. The van der Waals surface area contributed by atoms with Crippen molar-refractivity contribution in [1.82, 2.24) is 19.4 Å². The van der Waals surface area contributed by atoms with Crippen molar-refractivity contribution in [3.63, 3.8) is 0 Å². The predicted octanol–water partition coefficient (Wildman–Crippen LogP) is 3.85. The number of furan rings is 1. The molecule has 30 heavy (non-hydrogen) atoms. The fourth-order valence-electron chi connectivity index (χ4n) is 4.33. The van der Waals surface area contributed by atoms with Gasteiger partial charge >= 0.3 is 0 Å². The van der Waals surface area contributed by atoms with Crippen LogP contribution in [0.5, 0.6) is 0 Å². The minimum absolute atomic E-state index is 0.00699. The largest absolute Gasteiger partial charge is 0.456 e. The third kappa shape index (κ3) is 3.12. The highest BCUT2D eigenvalue weighted by molar-refractivity contribution is 6.01. The molecule has 0 spiro atoms. The summed E-state index contributed by atoms with van der Waals surface area (Å²) < 4.78 is 8.24. The Labute approximate surface area is 173 Å². The van der Waals surface area contributed by atoms with Crippen molar-refractivity contribution in [2.24, 2.45) is 5.92 Å². The molecule has 4 aromatic rings. The molecule has 7 heteroatoms. The lowest BCUT2D eigenvalue weighted by Crippen LogP contribution is -2.38. The van der Waals surface area contributed by atoms with Gasteiger partial charge in [0.25, 0.3) is 0 Å². The number of rotatable bonds is 4. The first-order chi connectivity index (χ1) is 14.6. The number of nitrogen functional groups attached to an aromatic ring is 1. The molecule has 1 aromatic carbocycles. The van der Waals surface area contributed by atoms with Gasteiger partial charge in [-0.15, -0.1) is 0 Å². The standard InChI is InChI=1S/C23H23N5O2/c1-2-20(29)27-9-7-15(8-10-27)12-28-13-17(21-22(24)25-14-26-23(21)28)19-11-16-5-3-4-6-18(16)30-19/h2-6,11,13-15H,1,7-10,12H2,(H2,24,25,26). The Kier molecular flexibility index (Phi) is 4.50. The number of likely N-dealkylation sites (tertiary alicyclic amines) is 1. The van der Waals surface area contributed by atoms with Gasteiger partial charge in [-0.3, -0.25) is 4.79 Å². The highest BCUT2D eigenvalue weighted by Gasteiger charge is 2.24. The first-order valence-corrected chi connectivity index (χ1v) is 10.1. The van der Waals surface area contributed by atoms with E-state index in [4.69, 9.17) is 10.2 Å². The number of hydrogen-bond acceptors (Lipinski definition) is 5. The number of piperidine rings is 1. The Bertz CT molecular complexity index is 1210. The maximum absolute atomic E-state index is 11.8. The van der Waals surface area contributed by atoms with Crippen LogP contribution in [0.3, 0.4) is 0 Å². The average Bonchev–Trinajstić information content (AvgIpc) is 3.36. The van der Waals surface area contributed by atoms with Gasteiger partial charge in [-0.2, -0.15) is 0 Å². The molecule has 2 N–H and O–H groups in total. The van der Waals surface area contributed by atoms with Crippen molar-refractivity contribution in [3.8, 4) is 11.3 Å². The van der Waals surface area contributed by atoms with Crippen LogP contribution in [0.4, 0.5) is 5.82 Å². The molecule has 0 bridgehead atoms. The molecule has 1 amide bonds. The van der Waals surface area contributed by atoms with Crippen LogP contribution in [0.2, 0.25) is 0 Å². The normalized spacial score (nSPS) is 15.1. The van der Waals surface area contributed by atoms with Gasteiger partial charge in [0.15, 0.2) is 0 Å². The van der Waals surface area contributed by atoms with Crippen LogP contribution in [0.1, 0.15) is 12.8 Å². The molecule has 0 unspecified atom stereocenters. The Morgan fingerprint density at radius 3 is 2.83 bits per heavy atom. The zero-order chi connectivity index (χ0) is 20.7. The van der Waals surface area contributed by atoms with Crippen LogP contribution in [-0.2, 0) is 11.3 Å². The monoisotopic (exact) mass is 401 g/mol. The van der Waals surface area contributed by atoms with E-state index in [0.29, 0.717) is 11.7 Å². The highest BCUT2D eigenvalue weighted by atomic mass is 16.3. The first-order valence-electron chi connectivity index (χ1n) is 10.1. The second-order valence-electron chi connectivity index (χ2n) is 7.77. The number of hydrogen-bond donors (Lipinski definition) is 1. The summed E-state index contributed by atoms with van der Waals surface area (Å²) in [5, 5.41) is 1.86. The van der Waals surface area contributed by atoms with E-state index in [-0.39, 0.29) is 5.91 Å². The van der Waals surface area contributed by atoms with Crippen molar-refractivity contribution >= 4 is 33.7 Å². The van der Waals surface area contributed by atoms with E-state index < -0.39 is 0 Å². The SMILES string of the molecule is C=CC(=O)N1CCC(Cn2cc(-c3cc4ccccc4o3)c3c(N)ncnc32)CC1. The summed E-state index contributed by atoms with van der Waals surface area (Å²) in [5.74, 6) is 1.66. The van der Waals surface area contributed by atoms with E-state index in [1.54, 1.807) is 0 Å². The summed E-state index contributed by atoms with van der Waals surface area (Å²) in [5.41, 5.74) is 8.79. The molecule has 0 saturated carbocycles. The predicted molar refractivity (Wildman–Crippen MR) is 117 cm³/mol. The van der Waals surface area contributed by atoms with Crippen molar-refractivity contribution in [2.45, 2.75) is 19.4 Å². The van der Waals surface area contributed by atoms with Crippen molar-refractivity contribution in [3.05, 3.63) is 55.5 Å². The van der Waals surface area contributed by atoms with Gasteiger partial charge in [-0.1, -0.05) is 24.8 Å². The number of nitrogens with zero attached hydrogens (tertiary/aromatic N) is 4. The minimum Gasteiger partial charge on any atom is -0.456 e. The summed E-state index contributed by atoms with van der Waals surface area (Å²) >= 11 is 0. The second kappa shape index (κ2) is 7.33. The van der Waals surface area contributed by atoms with E-state index in [2.05, 4.69) is 27.3 Å². The average molecular weight is 401 g/mol. The molecule has 0 radical (unpaired) electrons. The number of aromatic nitrogens is 3. The quantitative estimate of drug-likeness (QED) is 0.525. The molecular weight excluding hydrogens is 378 g/mol. The molecule has 0 aliphatic carbocycles. The lowest BCUT2D eigenvalue weighted by atomic mass is 9.96. The first kappa shape index (κ1) is 18.4. The molecule has 1 saturated heterocycles. The van der Waals surface area contributed by atoms with Gasteiger partial charge in [-0.25, -0.2) is 9.97 Å².